The molecule has 0 N–H and O–H groups in total. The van der Waals surface area contributed by atoms with Crippen molar-refractivity contribution in [1.82, 2.24) is 0 Å². The van der Waals surface area contributed by atoms with E-state index in [4.69, 9.17) is 0 Å². The Balaban J connectivity index is 0.00000108. The largest absolute Gasteiger partial charge is 0.293 e. The number of aryl methyl sites for hydroxylation is 2. The summed E-state index contributed by atoms with van der Waals surface area (Å²) in [7, 11) is 0. The molecule has 1 aliphatic carbocycles. The zero-order valence-corrected chi connectivity index (χ0v) is 13.1. The van der Waals surface area contributed by atoms with E-state index >= 15 is 0 Å². The van der Waals surface area contributed by atoms with Gasteiger partial charge in [0.15, 0.2) is 0 Å². The molecule has 0 saturated heterocycles. The zero-order valence-electron chi connectivity index (χ0n) is 10.2. The molecular weight excluding hydrogens is 283 g/mol. The number of hydrogen-bond acceptors (Lipinski definition) is 1. The summed E-state index contributed by atoms with van der Waals surface area (Å²) in [5.41, 5.74) is 6.32. The average molecular weight is 299 g/mol. The summed E-state index contributed by atoms with van der Waals surface area (Å²) >= 11 is 0. The Hall–Kier alpha value is -0.396. The third-order valence-electron chi connectivity index (χ3n) is 3.51. The fraction of sp³-hybridized carbons (Fsp3) is 0.333. The first-order valence-corrected chi connectivity index (χ1v) is 5.96. The minimum Gasteiger partial charge on any atom is -0.293 e. The topological polar surface area (TPSA) is 12.4 Å². The van der Waals surface area contributed by atoms with E-state index in [1.807, 2.05) is 0 Å². The maximum Gasteiger partial charge on any atom is 0.0350 e. The van der Waals surface area contributed by atoms with Gasteiger partial charge in [0.1, 0.15) is 0 Å². The first-order chi connectivity index (χ1) is 7.74. The molecule has 0 bridgehead atoms. The molecule has 1 aromatic rings. The maximum absolute atomic E-state index is 4.62. The van der Waals surface area contributed by atoms with Gasteiger partial charge in [-0.2, -0.15) is 6.08 Å². The predicted molar refractivity (Wildman–Crippen MR) is 67.6 cm³/mol. The second-order valence-corrected chi connectivity index (χ2v) is 4.81. The van der Waals surface area contributed by atoms with Crippen molar-refractivity contribution >= 4 is 5.71 Å². The van der Waals surface area contributed by atoms with Gasteiger partial charge >= 0.3 is 0 Å². The molecule has 3 rings (SSSR count). The average Bonchev–Trinajstić information content (AvgIpc) is 2.54. The summed E-state index contributed by atoms with van der Waals surface area (Å²) in [5.74, 6) is 0.510. The second kappa shape index (κ2) is 5.08. The van der Waals surface area contributed by atoms with Gasteiger partial charge in [0.25, 0.3) is 0 Å². The van der Waals surface area contributed by atoms with Gasteiger partial charge in [-0.3, -0.25) is 4.99 Å². The Kier molecular flexibility index (Phi) is 3.90. The van der Waals surface area contributed by atoms with Crippen molar-refractivity contribution in [2.45, 2.75) is 26.2 Å². The van der Waals surface area contributed by atoms with Crippen molar-refractivity contribution in [1.29, 1.82) is 0 Å². The van der Waals surface area contributed by atoms with Crippen LogP contribution in [-0.2, 0) is 39.1 Å². The van der Waals surface area contributed by atoms with Crippen LogP contribution in [0.15, 0.2) is 35.0 Å². The van der Waals surface area contributed by atoms with E-state index in [1.165, 1.54) is 41.7 Å². The normalized spacial score (nSPS) is 21.6. The molecule has 2 heteroatoms. The number of rotatable bonds is 0. The number of benzene rings is 1. The molecule has 1 aliphatic heterocycles. The monoisotopic (exact) mass is 299 g/mol. The molecule has 1 aromatic carbocycles. The smallest absolute Gasteiger partial charge is 0.0350 e. The molecule has 85 valence electrons. The summed E-state index contributed by atoms with van der Waals surface area (Å²) in [5, 5.41) is 0. The van der Waals surface area contributed by atoms with Crippen molar-refractivity contribution in [2.24, 2.45) is 10.9 Å². The standard InChI is InChI=1S/C15H16N.Y/c1-10-6-7-12-4-3-5-13-9-11(2)16-15(13)14(12)8-10;/h6-9,13H,2-5H2,1H3;/q-1;. The second-order valence-electron chi connectivity index (χ2n) is 4.81. The summed E-state index contributed by atoms with van der Waals surface area (Å²) < 4.78 is 0. The number of fused-ring (bicyclic) bond motifs is 3. The van der Waals surface area contributed by atoms with Crippen LogP contribution < -0.4 is 0 Å². The molecule has 1 radical (unpaired) electrons. The van der Waals surface area contributed by atoms with Crippen LogP contribution in [-0.4, -0.2) is 5.71 Å². The summed E-state index contributed by atoms with van der Waals surface area (Å²) in [6, 6.07) is 6.74. The maximum atomic E-state index is 4.62. The van der Waals surface area contributed by atoms with Crippen molar-refractivity contribution in [3.05, 3.63) is 53.6 Å². The van der Waals surface area contributed by atoms with Crippen LogP contribution in [0.5, 0.6) is 0 Å². The van der Waals surface area contributed by atoms with E-state index in [0.29, 0.717) is 5.92 Å². The number of nitrogens with zero attached hydrogens (tertiary/aromatic N) is 1. The van der Waals surface area contributed by atoms with E-state index in [9.17, 15) is 0 Å². The SMILES string of the molecule is [CH2-]C1=CC2CCCc3ccc(C)cc3C2=N1.[Y]. The van der Waals surface area contributed by atoms with Crippen LogP contribution in [0.25, 0.3) is 0 Å². The Bertz CT molecular complexity index is 500. The molecule has 0 spiro atoms. The van der Waals surface area contributed by atoms with Gasteiger partial charge in [-0.05, 0) is 42.9 Å². The van der Waals surface area contributed by atoms with Crippen LogP contribution in [0.2, 0.25) is 0 Å². The van der Waals surface area contributed by atoms with Crippen molar-refractivity contribution in [3.8, 4) is 0 Å². The van der Waals surface area contributed by atoms with Gasteiger partial charge in [-0.1, -0.05) is 24.1 Å². The van der Waals surface area contributed by atoms with Crippen LogP contribution >= 0.6 is 0 Å². The summed E-state index contributed by atoms with van der Waals surface area (Å²) in [6.07, 6.45) is 5.87. The molecular formula is C15H16NY-. The van der Waals surface area contributed by atoms with Gasteiger partial charge < -0.3 is 0 Å². The number of hydrogen-bond donors (Lipinski definition) is 0. The molecule has 1 nitrogen and oxygen atoms in total. The Morgan fingerprint density at radius 1 is 1.35 bits per heavy atom. The molecule has 1 atom stereocenters. The Morgan fingerprint density at radius 2 is 2.18 bits per heavy atom. The van der Waals surface area contributed by atoms with Gasteiger partial charge in [0, 0.05) is 38.4 Å². The van der Waals surface area contributed by atoms with E-state index in [0.717, 1.165) is 5.70 Å². The number of allylic oxidation sites excluding steroid dienone is 2. The molecule has 17 heavy (non-hydrogen) atoms. The van der Waals surface area contributed by atoms with Gasteiger partial charge in [0.05, 0.1) is 0 Å². The third kappa shape index (κ3) is 2.41. The van der Waals surface area contributed by atoms with Crippen molar-refractivity contribution < 1.29 is 32.7 Å². The summed E-state index contributed by atoms with van der Waals surface area (Å²) in [4.78, 5) is 4.62. The molecule has 0 fully saturated rings. The Morgan fingerprint density at radius 3 is 3.00 bits per heavy atom. The van der Waals surface area contributed by atoms with E-state index < -0.39 is 0 Å². The third-order valence-corrected chi connectivity index (χ3v) is 3.51. The minimum atomic E-state index is 0. The van der Waals surface area contributed by atoms with Crippen molar-refractivity contribution in [2.75, 3.05) is 0 Å². The molecule has 0 aromatic heterocycles. The zero-order chi connectivity index (χ0) is 11.1. The van der Waals surface area contributed by atoms with Gasteiger partial charge in [0.2, 0.25) is 0 Å². The van der Waals surface area contributed by atoms with E-state index in [1.54, 1.807) is 0 Å². The van der Waals surface area contributed by atoms with E-state index in [2.05, 4.69) is 43.1 Å². The summed E-state index contributed by atoms with van der Waals surface area (Å²) in [6.45, 7) is 6.11. The van der Waals surface area contributed by atoms with Crippen LogP contribution in [0.1, 0.15) is 29.5 Å². The fourth-order valence-corrected chi connectivity index (χ4v) is 2.73. The van der Waals surface area contributed by atoms with Crippen LogP contribution in [0.4, 0.5) is 0 Å². The first-order valence-electron chi connectivity index (χ1n) is 5.96. The quantitative estimate of drug-likeness (QED) is 0.651. The molecule has 2 aliphatic rings. The van der Waals surface area contributed by atoms with Gasteiger partial charge in [-0.15, -0.1) is 5.70 Å². The molecule has 0 saturated carbocycles. The predicted octanol–water partition coefficient (Wildman–Crippen LogP) is 3.47. The molecule has 1 heterocycles. The molecule has 0 amide bonds. The minimum absolute atomic E-state index is 0. The van der Waals surface area contributed by atoms with E-state index in [-0.39, 0.29) is 32.7 Å². The number of aliphatic imine (C=N–C) groups is 1. The van der Waals surface area contributed by atoms with Gasteiger partial charge in [-0.25, -0.2) is 6.92 Å². The van der Waals surface area contributed by atoms with Crippen molar-refractivity contribution in [3.63, 3.8) is 0 Å². The first kappa shape index (κ1) is 13.0. The van der Waals surface area contributed by atoms with Crippen LogP contribution in [0.3, 0.4) is 0 Å². The molecule has 1 unspecified atom stereocenters. The fourth-order valence-electron chi connectivity index (χ4n) is 2.73. The Labute approximate surface area is 128 Å². The van der Waals surface area contributed by atoms with Crippen LogP contribution in [0, 0.1) is 19.8 Å².